The molecule has 0 N–H and O–H groups in total. The van der Waals surface area contributed by atoms with Crippen molar-refractivity contribution in [1.29, 1.82) is 0 Å². The summed E-state index contributed by atoms with van der Waals surface area (Å²) < 4.78 is 11.5. The minimum absolute atomic E-state index is 0.0443. The second-order valence-corrected chi connectivity index (χ2v) is 7.15. The van der Waals surface area contributed by atoms with E-state index in [1.807, 2.05) is 24.3 Å². The highest BCUT2D eigenvalue weighted by Gasteiger charge is 2.36. The topological polar surface area (TPSA) is 76.8 Å². The van der Waals surface area contributed by atoms with Crippen LogP contribution in [-0.4, -0.2) is 22.7 Å². The highest BCUT2D eigenvalue weighted by atomic mass is 79.9. The van der Waals surface area contributed by atoms with E-state index in [0.29, 0.717) is 5.76 Å². The number of rotatable bonds is 5. The lowest BCUT2D eigenvalue weighted by atomic mass is 10.1. The number of ether oxygens (including phenoxy) is 1. The van der Waals surface area contributed by atoms with Crippen LogP contribution < -0.4 is 0 Å². The molecule has 2 heterocycles. The van der Waals surface area contributed by atoms with Gasteiger partial charge in [-0.15, -0.1) is 0 Å². The van der Waals surface area contributed by atoms with Crippen LogP contribution in [0.25, 0.3) is 0 Å². The van der Waals surface area contributed by atoms with Crippen molar-refractivity contribution in [2.24, 2.45) is 0 Å². The van der Waals surface area contributed by atoms with E-state index in [-0.39, 0.29) is 29.8 Å². The van der Waals surface area contributed by atoms with Gasteiger partial charge in [0.25, 0.3) is 11.8 Å². The molecule has 1 aromatic heterocycles. The van der Waals surface area contributed by atoms with Gasteiger partial charge in [0.1, 0.15) is 12.4 Å². The van der Waals surface area contributed by atoms with Crippen LogP contribution in [0.1, 0.15) is 42.4 Å². The zero-order valence-corrected chi connectivity index (χ0v) is 16.1. The first-order valence-electron chi connectivity index (χ1n) is 8.47. The van der Waals surface area contributed by atoms with Crippen molar-refractivity contribution in [1.82, 2.24) is 4.90 Å². The summed E-state index contributed by atoms with van der Waals surface area (Å²) in [6.07, 6.45) is 1.48. The van der Waals surface area contributed by atoms with Gasteiger partial charge < -0.3 is 9.15 Å². The van der Waals surface area contributed by atoms with Crippen molar-refractivity contribution >= 4 is 33.7 Å². The number of esters is 1. The largest absolute Gasteiger partial charge is 0.467 e. The van der Waals surface area contributed by atoms with Gasteiger partial charge in [0.05, 0.1) is 29.5 Å². The van der Waals surface area contributed by atoms with Crippen molar-refractivity contribution in [2.75, 3.05) is 0 Å². The highest BCUT2D eigenvalue weighted by Crippen LogP contribution is 2.26. The SMILES string of the molecule is O=C(OCc1ccc(Br)cc1)c1ccc2c(c1)C(=O)N(Cc1ccco1)C2=O. The van der Waals surface area contributed by atoms with Gasteiger partial charge in [-0.25, -0.2) is 4.79 Å². The standard InChI is InChI=1S/C21H14BrNO5/c22-15-6-3-13(4-7-15)12-28-21(26)14-5-8-17-18(10-14)20(25)23(19(17)24)11-16-2-1-9-27-16/h1-10H,11-12H2. The number of amides is 2. The van der Waals surface area contributed by atoms with Crippen LogP contribution in [0.3, 0.4) is 0 Å². The van der Waals surface area contributed by atoms with Crippen LogP contribution in [0.15, 0.2) is 69.8 Å². The average molecular weight is 440 g/mol. The zero-order chi connectivity index (χ0) is 19.7. The van der Waals surface area contributed by atoms with Crippen molar-refractivity contribution in [3.8, 4) is 0 Å². The smallest absolute Gasteiger partial charge is 0.338 e. The van der Waals surface area contributed by atoms with Gasteiger partial charge in [0.15, 0.2) is 0 Å². The summed E-state index contributed by atoms with van der Waals surface area (Å²) in [7, 11) is 0. The molecule has 0 spiro atoms. The number of imide groups is 1. The van der Waals surface area contributed by atoms with Gasteiger partial charge in [0, 0.05) is 4.47 Å². The number of nitrogens with zero attached hydrogens (tertiary/aromatic N) is 1. The lowest BCUT2D eigenvalue weighted by Gasteiger charge is -2.11. The minimum atomic E-state index is -0.560. The maximum Gasteiger partial charge on any atom is 0.338 e. The second kappa shape index (κ2) is 7.44. The highest BCUT2D eigenvalue weighted by molar-refractivity contribution is 9.10. The van der Waals surface area contributed by atoms with Crippen molar-refractivity contribution in [2.45, 2.75) is 13.2 Å². The van der Waals surface area contributed by atoms with Gasteiger partial charge >= 0.3 is 5.97 Å². The Kier molecular flexibility index (Phi) is 4.83. The van der Waals surface area contributed by atoms with E-state index in [1.165, 1.54) is 24.5 Å². The molecular formula is C21H14BrNO5. The first-order chi connectivity index (χ1) is 13.5. The van der Waals surface area contributed by atoms with Crippen molar-refractivity contribution in [3.63, 3.8) is 0 Å². The molecule has 6 nitrogen and oxygen atoms in total. The van der Waals surface area contributed by atoms with Gasteiger partial charge in [-0.3, -0.25) is 14.5 Å². The molecule has 0 saturated heterocycles. The molecule has 3 aromatic rings. The third-order valence-corrected chi connectivity index (χ3v) is 4.91. The maximum absolute atomic E-state index is 12.6. The summed E-state index contributed by atoms with van der Waals surface area (Å²) in [6, 6.07) is 15.2. The molecule has 0 bridgehead atoms. The summed E-state index contributed by atoms with van der Waals surface area (Å²) in [5, 5.41) is 0. The summed E-state index contributed by atoms with van der Waals surface area (Å²) in [4.78, 5) is 38.6. The Morgan fingerprint density at radius 2 is 1.75 bits per heavy atom. The summed E-state index contributed by atoms with van der Waals surface area (Å²) in [5.41, 5.74) is 1.51. The Bertz CT molecular complexity index is 1060. The predicted octanol–water partition coefficient (Wildman–Crippen LogP) is 4.20. The first kappa shape index (κ1) is 18.2. The van der Waals surface area contributed by atoms with E-state index >= 15 is 0 Å². The molecular weight excluding hydrogens is 426 g/mol. The lowest BCUT2D eigenvalue weighted by Crippen LogP contribution is -2.28. The number of hydrogen-bond acceptors (Lipinski definition) is 5. The van der Waals surface area contributed by atoms with Crippen molar-refractivity contribution < 1.29 is 23.5 Å². The number of fused-ring (bicyclic) bond motifs is 1. The number of hydrogen-bond donors (Lipinski definition) is 0. The molecule has 2 aromatic carbocycles. The minimum Gasteiger partial charge on any atom is -0.467 e. The van der Waals surface area contributed by atoms with E-state index in [9.17, 15) is 14.4 Å². The molecule has 1 aliphatic rings. The molecule has 0 aliphatic carbocycles. The summed E-state index contributed by atoms with van der Waals surface area (Å²) in [6.45, 7) is 0.156. The van der Waals surface area contributed by atoms with Crippen LogP contribution in [0.4, 0.5) is 0 Å². The number of carbonyl (C=O) groups is 3. The van der Waals surface area contributed by atoms with E-state index < -0.39 is 17.8 Å². The van der Waals surface area contributed by atoms with Gasteiger partial charge in [-0.05, 0) is 48.0 Å². The number of carbonyl (C=O) groups excluding carboxylic acids is 3. The Hall–Kier alpha value is -3.19. The van der Waals surface area contributed by atoms with E-state index in [0.717, 1.165) is 14.9 Å². The Morgan fingerprint density at radius 1 is 1.00 bits per heavy atom. The molecule has 0 saturated carbocycles. The average Bonchev–Trinajstić information content (AvgIpc) is 3.30. The van der Waals surface area contributed by atoms with Gasteiger partial charge in [-0.2, -0.15) is 0 Å². The molecule has 0 atom stereocenters. The lowest BCUT2D eigenvalue weighted by molar-refractivity contribution is 0.0472. The van der Waals surface area contributed by atoms with E-state index in [1.54, 1.807) is 12.1 Å². The molecule has 28 heavy (non-hydrogen) atoms. The maximum atomic E-state index is 12.6. The van der Waals surface area contributed by atoms with Crippen LogP contribution >= 0.6 is 15.9 Å². The van der Waals surface area contributed by atoms with Crippen molar-refractivity contribution in [3.05, 3.63) is 93.3 Å². The van der Waals surface area contributed by atoms with Crippen LogP contribution in [0.2, 0.25) is 0 Å². The molecule has 140 valence electrons. The fourth-order valence-electron chi connectivity index (χ4n) is 2.93. The third-order valence-electron chi connectivity index (χ3n) is 4.38. The van der Waals surface area contributed by atoms with Gasteiger partial charge in [-0.1, -0.05) is 28.1 Å². The molecule has 0 fully saturated rings. The van der Waals surface area contributed by atoms with Crippen LogP contribution in [0.5, 0.6) is 0 Å². The molecule has 7 heteroatoms. The quantitative estimate of drug-likeness (QED) is 0.439. The third kappa shape index (κ3) is 3.48. The second-order valence-electron chi connectivity index (χ2n) is 6.24. The molecule has 0 unspecified atom stereocenters. The summed E-state index contributed by atoms with van der Waals surface area (Å²) in [5.74, 6) is -0.927. The Morgan fingerprint density at radius 3 is 2.46 bits per heavy atom. The predicted molar refractivity (Wildman–Crippen MR) is 103 cm³/mol. The fraction of sp³-hybridized carbons (Fsp3) is 0.0952. The number of benzene rings is 2. The Labute approximate surface area is 168 Å². The molecule has 0 radical (unpaired) electrons. The first-order valence-corrected chi connectivity index (χ1v) is 9.26. The van der Waals surface area contributed by atoms with Crippen LogP contribution in [0, 0.1) is 0 Å². The fourth-order valence-corrected chi connectivity index (χ4v) is 3.20. The van der Waals surface area contributed by atoms with E-state index in [2.05, 4.69) is 15.9 Å². The molecule has 4 rings (SSSR count). The summed E-state index contributed by atoms with van der Waals surface area (Å²) >= 11 is 3.35. The molecule has 2 amide bonds. The van der Waals surface area contributed by atoms with Gasteiger partial charge in [0.2, 0.25) is 0 Å². The normalized spacial score (nSPS) is 13.0. The monoisotopic (exact) mass is 439 g/mol. The number of halogens is 1. The van der Waals surface area contributed by atoms with Crippen LogP contribution in [-0.2, 0) is 17.9 Å². The zero-order valence-electron chi connectivity index (χ0n) is 14.6. The van der Waals surface area contributed by atoms with E-state index in [4.69, 9.17) is 9.15 Å². The molecule has 1 aliphatic heterocycles. The number of furan rings is 1. The Balaban J connectivity index is 1.49.